The molecule has 1 amide bonds. The number of benzene rings is 2. The second-order valence-corrected chi connectivity index (χ2v) is 11.6. The predicted octanol–water partition coefficient (Wildman–Crippen LogP) is 5.19. The highest BCUT2D eigenvalue weighted by Gasteiger charge is 2.40. The van der Waals surface area contributed by atoms with Crippen LogP contribution in [0.3, 0.4) is 0 Å². The highest BCUT2D eigenvalue weighted by atomic mass is 35.5. The van der Waals surface area contributed by atoms with E-state index in [4.69, 9.17) is 21.1 Å². The number of para-hydroxylation sites is 1. The van der Waals surface area contributed by atoms with Crippen molar-refractivity contribution in [2.45, 2.75) is 72.6 Å². The van der Waals surface area contributed by atoms with Gasteiger partial charge in [-0.1, -0.05) is 62.7 Å². The van der Waals surface area contributed by atoms with Gasteiger partial charge in [0.2, 0.25) is 0 Å². The number of ether oxygens (including phenoxy) is 2. The Morgan fingerprint density at radius 2 is 1.68 bits per heavy atom. The zero-order valence-electron chi connectivity index (χ0n) is 25.3. The van der Waals surface area contributed by atoms with Gasteiger partial charge in [-0.2, -0.15) is 5.10 Å². The smallest absolute Gasteiger partial charge is 0.328 e. The maximum Gasteiger partial charge on any atom is 0.328 e. The maximum absolute atomic E-state index is 12.3. The molecule has 1 heterocycles. The fourth-order valence-electron chi connectivity index (χ4n) is 4.46. The SMILES string of the molecule is CC(C)(C)C(O)(CCc1ccc(Cl)cc1)Cn1cncn1.COCC(=O)N(c1c(C)cccc1C)C(C)C(=O)OC. The molecule has 3 rings (SSSR count). The number of anilines is 1. The summed E-state index contributed by atoms with van der Waals surface area (Å²) in [7, 11) is 2.76. The molecule has 0 bridgehead atoms. The molecule has 2 unspecified atom stereocenters. The van der Waals surface area contributed by atoms with Crippen molar-refractivity contribution < 1.29 is 24.2 Å². The van der Waals surface area contributed by atoms with Gasteiger partial charge in [0.15, 0.2) is 0 Å². The number of esters is 1. The molecule has 3 aromatic rings. The largest absolute Gasteiger partial charge is 0.467 e. The second-order valence-electron chi connectivity index (χ2n) is 11.1. The topological polar surface area (TPSA) is 107 Å². The summed E-state index contributed by atoms with van der Waals surface area (Å²) < 4.78 is 11.3. The van der Waals surface area contributed by atoms with Crippen molar-refractivity contribution in [1.29, 1.82) is 0 Å². The zero-order valence-corrected chi connectivity index (χ0v) is 26.1. The minimum Gasteiger partial charge on any atom is -0.467 e. The molecule has 0 radical (unpaired) electrons. The molecule has 0 aliphatic carbocycles. The van der Waals surface area contributed by atoms with E-state index in [1.54, 1.807) is 17.9 Å². The highest BCUT2D eigenvalue weighted by Crippen LogP contribution is 2.35. The van der Waals surface area contributed by atoms with E-state index in [1.165, 1.54) is 31.0 Å². The Labute approximate surface area is 248 Å². The van der Waals surface area contributed by atoms with Crippen LogP contribution in [0.2, 0.25) is 5.02 Å². The average molecular weight is 587 g/mol. The van der Waals surface area contributed by atoms with E-state index >= 15 is 0 Å². The van der Waals surface area contributed by atoms with Gasteiger partial charge < -0.3 is 14.6 Å². The molecule has 2 atom stereocenters. The molecule has 41 heavy (non-hydrogen) atoms. The van der Waals surface area contributed by atoms with E-state index in [1.807, 2.05) is 77.1 Å². The van der Waals surface area contributed by atoms with Gasteiger partial charge in [-0.25, -0.2) is 9.78 Å². The zero-order chi connectivity index (χ0) is 30.8. The van der Waals surface area contributed by atoms with Crippen molar-refractivity contribution in [1.82, 2.24) is 14.8 Å². The first kappa shape index (κ1) is 33.9. The number of methoxy groups -OCH3 is 2. The monoisotopic (exact) mass is 586 g/mol. The Kier molecular flexibility index (Phi) is 12.5. The van der Waals surface area contributed by atoms with Gasteiger partial charge >= 0.3 is 5.97 Å². The van der Waals surface area contributed by atoms with Crippen molar-refractivity contribution >= 4 is 29.2 Å². The lowest BCUT2D eigenvalue weighted by Gasteiger charge is -2.40. The van der Waals surface area contributed by atoms with Crippen LogP contribution >= 0.6 is 11.6 Å². The third kappa shape index (κ3) is 9.38. The molecule has 10 heteroatoms. The van der Waals surface area contributed by atoms with Crippen molar-refractivity contribution in [3.63, 3.8) is 0 Å². The standard InChI is InChI=1S/C16H22ClN3O.C15H21NO4/c1-15(2,3)16(21,10-20-12-18-11-19-20)9-8-13-4-6-14(17)7-5-13;1-10-7-6-8-11(2)14(10)16(13(17)9-19-4)12(3)15(18)20-5/h4-7,11-12,21H,8-10H2,1-3H3;6-8,12H,9H2,1-5H3. The molecule has 1 aromatic heterocycles. The van der Waals surface area contributed by atoms with Gasteiger partial charge in [-0.3, -0.25) is 14.4 Å². The van der Waals surface area contributed by atoms with E-state index in [9.17, 15) is 14.7 Å². The summed E-state index contributed by atoms with van der Waals surface area (Å²) in [6.07, 6.45) is 4.57. The third-order valence-electron chi connectivity index (χ3n) is 7.17. The number of halogens is 1. The molecule has 0 aliphatic heterocycles. The summed E-state index contributed by atoms with van der Waals surface area (Å²) in [6, 6.07) is 12.8. The fourth-order valence-corrected chi connectivity index (χ4v) is 4.59. The molecular weight excluding hydrogens is 544 g/mol. The first-order chi connectivity index (χ1) is 19.2. The molecule has 0 aliphatic rings. The average Bonchev–Trinajstić information content (AvgIpc) is 3.42. The van der Waals surface area contributed by atoms with Gasteiger partial charge in [-0.05, 0) is 67.9 Å². The Hall–Kier alpha value is -3.27. The van der Waals surface area contributed by atoms with E-state index in [2.05, 4.69) is 10.1 Å². The van der Waals surface area contributed by atoms with Crippen LogP contribution in [-0.4, -0.2) is 64.2 Å². The van der Waals surface area contributed by atoms with Gasteiger partial charge in [0.1, 0.15) is 25.3 Å². The lowest BCUT2D eigenvalue weighted by molar-refractivity contribution is -0.143. The van der Waals surface area contributed by atoms with Crippen LogP contribution in [0.5, 0.6) is 0 Å². The first-order valence-electron chi connectivity index (χ1n) is 13.5. The van der Waals surface area contributed by atoms with Gasteiger partial charge in [0.05, 0.1) is 24.9 Å². The van der Waals surface area contributed by atoms with Crippen LogP contribution in [0.4, 0.5) is 5.69 Å². The molecule has 2 aromatic carbocycles. The van der Waals surface area contributed by atoms with Crippen LogP contribution in [0.15, 0.2) is 55.1 Å². The van der Waals surface area contributed by atoms with Crippen LogP contribution in [0.1, 0.15) is 50.8 Å². The van der Waals surface area contributed by atoms with Gasteiger partial charge in [0.25, 0.3) is 5.91 Å². The number of aromatic nitrogens is 3. The van der Waals surface area contributed by atoms with E-state index in [-0.39, 0.29) is 17.9 Å². The predicted molar refractivity (Wildman–Crippen MR) is 161 cm³/mol. The molecule has 0 fully saturated rings. The third-order valence-corrected chi connectivity index (χ3v) is 7.43. The summed E-state index contributed by atoms with van der Waals surface area (Å²) in [5, 5.41) is 16.0. The highest BCUT2D eigenvalue weighted by molar-refractivity contribution is 6.30. The second kappa shape index (κ2) is 15.1. The Bertz CT molecular complexity index is 1240. The number of aryl methyl sites for hydroxylation is 3. The Balaban J connectivity index is 0.000000287. The van der Waals surface area contributed by atoms with E-state index in [0.717, 1.165) is 28.3 Å². The van der Waals surface area contributed by atoms with Crippen molar-refractivity contribution in [3.05, 3.63) is 76.8 Å². The molecule has 224 valence electrons. The molecule has 0 spiro atoms. The number of carbonyl (C=O) groups excluding carboxylic acids is 2. The molecule has 0 saturated heterocycles. The summed E-state index contributed by atoms with van der Waals surface area (Å²) in [6.45, 7) is 11.9. The van der Waals surface area contributed by atoms with Crippen LogP contribution in [0, 0.1) is 19.3 Å². The van der Waals surface area contributed by atoms with Gasteiger partial charge in [0, 0.05) is 12.1 Å². The molecule has 9 nitrogen and oxygen atoms in total. The van der Waals surface area contributed by atoms with Crippen molar-refractivity contribution in [2.24, 2.45) is 5.41 Å². The van der Waals surface area contributed by atoms with Crippen molar-refractivity contribution in [3.8, 4) is 0 Å². The molecule has 1 N–H and O–H groups in total. The minimum atomic E-state index is -0.861. The van der Waals surface area contributed by atoms with Crippen molar-refractivity contribution in [2.75, 3.05) is 25.7 Å². The maximum atomic E-state index is 12.3. The number of amides is 1. The van der Waals surface area contributed by atoms with Crippen LogP contribution in [0.25, 0.3) is 0 Å². The number of aliphatic hydroxyl groups is 1. The van der Waals surface area contributed by atoms with E-state index in [0.29, 0.717) is 13.0 Å². The summed E-state index contributed by atoms with van der Waals surface area (Å²) in [5.74, 6) is -0.736. The fraction of sp³-hybridized carbons (Fsp3) is 0.484. The molecular formula is C31H43ClN4O5. The summed E-state index contributed by atoms with van der Waals surface area (Å²) in [5.41, 5.74) is 2.62. The van der Waals surface area contributed by atoms with Crippen LogP contribution < -0.4 is 4.90 Å². The minimum absolute atomic E-state index is 0.0882. The van der Waals surface area contributed by atoms with Crippen LogP contribution in [-0.2, 0) is 32.0 Å². The quantitative estimate of drug-likeness (QED) is 0.326. The Morgan fingerprint density at radius 3 is 2.17 bits per heavy atom. The van der Waals surface area contributed by atoms with Gasteiger partial charge in [-0.15, -0.1) is 0 Å². The summed E-state index contributed by atoms with van der Waals surface area (Å²) in [4.78, 5) is 29.5. The number of hydrogen-bond acceptors (Lipinski definition) is 7. The summed E-state index contributed by atoms with van der Waals surface area (Å²) >= 11 is 5.90. The Morgan fingerprint density at radius 1 is 1.07 bits per heavy atom. The lowest BCUT2D eigenvalue weighted by Crippen LogP contribution is -2.47. The number of hydrogen-bond donors (Lipinski definition) is 1. The number of carbonyl (C=O) groups is 2. The van der Waals surface area contributed by atoms with E-state index < -0.39 is 17.6 Å². The molecule has 0 saturated carbocycles. The first-order valence-corrected chi connectivity index (χ1v) is 13.9. The normalized spacial score (nSPS) is 13.4. The number of nitrogens with zero attached hydrogens (tertiary/aromatic N) is 4. The lowest BCUT2D eigenvalue weighted by atomic mass is 9.73. The number of rotatable bonds is 10.